The first-order chi connectivity index (χ1) is 8.69. The molecular weight excluding hydrogens is 251 g/mol. The highest BCUT2D eigenvalue weighted by atomic mass is 35.5. The molecule has 0 atom stereocenters. The van der Waals surface area contributed by atoms with Crippen LogP contribution in [-0.2, 0) is 6.54 Å². The molecule has 0 saturated heterocycles. The van der Waals surface area contributed by atoms with E-state index in [2.05, 4.69) is 5.32 Å². The van der Waals surface area contributed by atoms with Gasteiger partial charge in [-0.2, -0.15) is 5.26 Å². The van der Waals surface area contributed by atoms with Crippen molar-refractivity contribution in [2.75, 3.05) is 5.32 Å². The van der Waals surface area contributed by atoms with Crippen molar-refractivity contribution >= 4 is 17.3 Å². The minimum atomic E-state index is -0.330. The van der Waals surface area contributed by atoms with E-state index in [1.54, 1.807) is 12.1 Å². The molecule has 0 spiro atoms. The quantitative estimate of drug-likeness (QED) is 0.907. The van der Waals surface area contributed by atoms with Crippen LogP contribution in [0.5, 0.6) is 0 Å². The minimum Gasteiger partial charge on any atom is -0.381 e. The van der Waals surface area contributed by atoms with E-state index in [1.165, 1.54) is 18.2 Å². The molecule has 2 rings (SSSR count). The molecule has 2 aromatic rings. The standard InChI is InChI=1S/C14H10ClFN2/c15-12-2-1-3-13(7-12)18-9-11-6-10(8-17)4-5-14(11)16/h1-7,18H,9H2. The maximum atomic E-state index is 13.5. The number of nitrogens with zero attached hydrogens (tertiary/aromatic N) is 1. The molecule has 0 fully saturated rings. The average molecular weight is 261 g/mol. The molecule has 0 bridgehead atoms. The Hall–Kier alpha value is -2.05. The van der Waals surface area contributed by atoms with Gasteiger partial charge in [0, 0.05) is 22.8 Å². The predicted molar refractivity (Wildman–Crippen MR) is 69.9 cm³/mol. The summed E-state index contributed by atoms with van der Waals surface area (Å²) < 4.78 is 13.5. The van der Waals surface area contributed by atoms with Crippen LogP contribution in [-0.4, -0.2) is 0 Å². The van der Waals surface area contributed by atoms with Gasteiger partial charge in [-0.3, -0.25) is 0 Å². The van der Waals surface area contributed by atoms with Crippen LogP contribution in [0.4, 0.5) is 10.1 Å². The van der Waals surface area contributed by atoms with Crippen molar-refractivity contribution in [3.05, 3.63) is 64.4 Å². The second-order valence-corrected chi connectivity index (χ2v) is 4.22. The van der Waals surface area contributed by atoms with Crippen LogP contribution in [0.3, 0.4) is 0 Å². The summed E-state index contributed by atoms with van der Waals surface area (Å²) in [6, 6.07) is 13.5. The van der Waals surface area contributed by atoms with E-state index in [-0.39, 0.29) is 5.82 Å². The van der Waals surface area contributed by atoms with Crippen molar-refractivity contribution in [3.8, 4) is 6.07 Å². The van der Waals surface area contributed by atoms with Crippen LogP contribution in [0.25, 0.3) is 0 Å². The van der Waals surface area contributed by atoms with Crippen molar-refractivity contribution in [3.63, 3.8) is 0 Å². The van der Waals surface area contributed by atoms with Gasteiger partial charge in [0.2, 0.25) is 0 Å². The van der Waals surface area contributed by atoms with Gasteiger partial charge in [0.1, 0.15) is 5.82 Å². The van der Waals surface area contributed by atoms with Crippen LogP contribution < -0.4 is 5.32 Å². The Morgan fingerprint density at radius 2 is 2.06 bits per heavy atom. The summed E-state index contributed by atoms with van der Waals surface area (Å²) in [5, 5.41) is 12.4. The summed E-state index contributed by atoms with van der Waals surface area (Å²) in [5.41, 5.74) is 1.71. The third-order valence-corrected chi connectivity index (χ3v) is 2.72. The van der Waals surface area contributed by atoms with Gasteiger partial charge in [-0.15, -0.1) is 0 Å². The molecule has 0 heterocycles. The molecule has 0 aliphatic carbocycles. The SMILES string of the molecule is N#Cc1ccc(F)c(CNc2cccc(Cl)c2)c1. The van der Waals surface area contributed by atoms with Crippen LogP contribution in [0, 0.1) is 17.1 Å². The minimum absolute atomic E-state index is 0.307. The number of benzene rings is 2. The summed E-state index contributed by atoms with van der Waals surface area (Å²) >= 11 is 5.85. The van der Waals surface area contributed by atoms with Crippen molar-refractivity contribution in [2.45, 2.75) is 6.54 Å². The fourth-order valence-corrected chi connectivity index (χ4v) is 1.77. The highest BCUT2D eigenvalue weighted by Crippen LogP contribution is 2.17. The molecule has 0 amide bonds. The van der Waals surface area contributed by atoms with E-state index in [9.17, 15) is 4.39 Å². The Kier molecular flexibility index (Phi) is 3.81. The topological polar surface area (TPSA) is 35.8 Å². The molecule has 0 aromatic heterocycles. The summed E-state index contributed by atoms with van der Waals surface area (Å²) in [4.78, 5) is 0. The van der Waals surface area contributed by atoms with Gasteiger partial charge in [0.25, 0.3) is 0 Å². The molecule has 1 N–H and O–H groups in total. The fourth-order valence-electron chi connectivity index (χ4n) is 1.58. The van der Waals surface area contributed by atoms with Crippen molar-refractivity contribution in [2.24, 2.45) is 0 Å². The molecule has 18 heavy (non-hydrogen) atoms. The zero-order chi connectivity index (χ0) is 13.0. The zero-order valence-electron chi connectivity index (χ0n) is 9.45. The van der Waals surface area contributed by atoms with E-state index in [1.807, 2.05) is 18.2 Å². The highest BCUT2D eigenvalue weighted by Gasteiger charge is 2.03. The highest BCUT2D eigenvalue weighted by molar-refractivity contribution is 6.30. The zero-order valence-corrected chi connectivity index (χ0v) is 10.2. The molecule has 0 unspecified atom stereocenters. The number of hydrogen-bond acceptors (Lipinski definition) is 2. The van der Waals surface area contributed by atoms with Crippen molar-refractivity contribution in [1.82, 2.24) is 0 Å². The maximum Gasteiger partial charge on any atom is 0.128 e. The van der Waals surface area contributed by atoms with E-state index < -0.39 is 0 Å². The van der Waals surface area contributed by atoms with E-state index in [0.29, 0.717) is 22.7 Å². The molecule has 0 radical (unpaired) electrons. The average Bonchev–Trinajstić information content (AvgIpc) is 2.38. The van der Waals surface area contributed by atoms with E-state index in [0.717, 1.165) is 5.69 Å². The normalized spacial score (nSPS) is 9.83. The number of nitriles is 1. The van der Waals surface area contributed by atoms with Crippen LogP contribution in [0.1, 0.15) is 11.1 Å². The molecule has 0 saturated carbocycles. The van der Waals surface area contributed by atoms with Gasteiger partial charge < -0.3 is 5.32 Å². The van der Waals surface area contributed by atoms with Crippen LogP contribution in [0.2, 0.25) is 5.02 Å². The summed E-state index contributed by atoms with van der Waals surface area (Å²) in [6.07, 6.45) is 0. The Morgan fingerprint density at radius 3 is 2.78 bits per heavy atom. The molecule has 0 aliphatic heterocycles. The second kappa shape index (κ2) is 5.52. The third-order valence-electron chi connectivity index (χ3n) is 2.48. The number of rotatable bonds is 3. The smallest absolute Gasteiger partial charge is 0.128 e. The number of hydrogen-bond donors (Lipinski definition) is 1. The van der Waals surface area contributed by atoms with Crippen molar-refractivity contribution < 1.29 is 4.39 Å². The summed E-state index contributed by atoms with van der Waals surface area (Å²) in [7, 11) is 0. The van der Waals surface area contributed by atoms with Crippen molar-refractivity contribution in [1.29, 1.82) is 5.26 Å². The monoisotopic (exact) mass is 260 g/mol. The fraction of sp³-hybridized carbons (Fsp3) is 0.0714. The van der Waals surface area contributed by atoms with Gasteiger partial charge in [0.15, 0.2) is 0 Å². The van der Waals surface area contributed by atoms with Crippen LogP contribution in [0.15, 0.2) is 42.5 Å². The Balaban J connectivity index is 2.13. The largest absolute Gasteiger partial charge is 0.381 e. The van der Waals surface area contributed by atoms with Gasteiger partial charge in [0.05, 0.1) is 11.6 Å². The van der Waals surface area contributed by atoms with E-state index in [4.69, 9.17) is 16.9 Å². The first-order valence-corrected chi connectivity index (χ1v) is 5.75. The Bertz CT molecular complexity index is 605. The Morgan fingerprint density at radius 1 is 1.22 bits per heavy atom. The molecule has 2 aromatic carbocycles. The first-order valence-electron chi connectivity index (χ1n) is 5.37. The molecular formula is C14H10ClFN2. The Labute approximate surface area is 110 Å². The van der Waals surface area contributed by atoms with Gasteiger partial charge in [-0.25, -0.2) is 4.39 Å². The molecule has 4 heteroatoms. The maximum absolute atomic E-state index is 13.5. The van der Waals surface area contributed by atoms with E-state index >= 15 is 0 Å². The predicted octanol–water partition coefficient (Wildman–Crippen LogP) is 3.96. The molecule has 2 nitrogen and oxygen atoms in total. The van der Waals surface area contributed by atoms with Gasteiger partial charge >= 0.3 is 0 Å². The van der Waals surface area contributed by atoms with Gasteiger partial charge in [-0.1, -0.05) is 17.7 Å². The van der Waals surface area contributed by atoms with Crippen LogP contribution >= 0.6 is 11.6 Å². The number of anilines is 1. The summed E-state index contributed by atoms with van der Waals surface area (Å²) in [6.45, 7) is 0.307. The van der Waals surface area contributed by atoms with Gasteiger partial charge in [-0.05, 0) is 36.4 Å². The lowest BCUT2D eigenvalue weighted by molar-refractivity contribution is 0.612. The number of nitrogens with one attached hydrogen (secondary N) is 1. The lowest BCUT2D eigenvalue weighted by atomic mass is 10.1. The second-order valence-electron chi connectivity index (χ2n) is 3.78. The first kappa shape index (κ1) is 12.4. The molecule has 0 aliphatic rings. The lowest BCUT2D eigenvalue weighted by Gasteiger charge is -2.08. The third kappa shape index (κ3) is 2.99. The number of halogens is 2. The summed E-state index contributed by atoms with van der Waals surface area (Å²) in [5.74, 6) is -0.330. The molecule has 90 valence electrons. The lowest BCUT2D eigenvalue weighted by Crippen LogP contribution is -2.02.